The molecule has 1 aromatic heterocycles. The first-order chi connectivity index (χ1) is 36.0. The van der Waals surface area contributed by atoms with Gasteiger partial charge in [-0.25, -0.2) is 0 Å². The Kier molecular flexibility index (Phi) is 9.31. The van der Waals surface area contributed by atoms with Gasteiger partial charge in [-0.2, -0.15) is 0 Å². The summed E-state index contributed by atoms with van der Waals surface area (Å²) in [5.74, 6) is 1.43. The van der Waals surface area contributed by atoms with Crippen molar-refractivity contribution >= 4 is 88.7 Å². The van der Waals surface area contributed by atoms with Gasteiger partial charge in [0, 0.05) is 77.3 Å². The lowest BCUT2D eigenvalue weighted by Crippen LogP contribution is -2.61. The first-order valence-electron chi connectivity index (χ1n) is 25.1. The number of para-hydroxylation sites is 4. The lowest BCUT2D eigenvalue weighted by atomic mass is 9.33. The number of benzene rings is 11. The maximum absolute atomic E-state index is 9.38. The average molecular weight is 925 g/mol. The van der Waals surface area contributed by atoms with Gasteiger partial charge in [-0.15, -0.1) is 11.3 Å². The highest BCUT2D eigenvalue weighted by molar-refractivity contribution is 7.25. The highest BCUT2D eigenvalue weighted by Crippen LogP contribution is 2.53. The molecule has 2 aliphatic heterocycles. The third-order valence-electron chi connectivity index (χ3n) is 14.2. The van der Waals surface area contributed by atoms with Gasteiger partial charge in [0.15, 0.2) is 0 Å². The molecule has 12 aromatic rings. The lowest BCUT2D eigenvalue weighted by Gasteiger charge is -2.45. The summed E-state index contributed by atoms with van der Waals surface area (Å²) in [4.78, 5) is 4.90. The predicted molar refractivity (Wildman–Crippen MR) is 302 cm³/mol. The van der Waals surface area contributed by atoms with Gasteiger partial charge in [-0.1, -0.05) is 212 Å². The smallest absolute Gasteiger partial charge is 0.252 e. The molecule has 2 aliphatic rings. The fourth-order valence-electron chi connectivity index (χ4n) is 11.1. The minimum atomic E-state index is -0.166. The minimum Gasteiger partial charge on any atom is -0.457 e. The Morgan fingerprint density at radius 1 is 0.352 bits per heavy atom. The number of hydrogen-bond acceptors (Lipinski definition) is 4. The predicted octanol–water partition coefficient (Wildman–Crippen LogP) is 16.6. The van der Waals surface area contributed by atoms with Crippen LogP contribution in [0, 0.1) is 0 Å². The van der Waals surface area contributed by atoms with Crippen molar-refractivity contribution in [2.45, 2.75) is 0 Å². The molecular formula is C66H43BN2OS. The van der Waals surface area contributed by atoms with Gasteiger partial charge in [-0.05, 0) is 75.0 Å². The maximum Gasteiger partial charge on any atom is 0.252 e. The van der Waals surface area contributed by atoms with Gasteiger partial charge in [0.05, 0.1) is 14.1 Å². The van der Waals surface area contributed by atoms with Crippen molar-refractivity contribution in [1.29, 1.82) is 0 Å². The van der Waals surface area contributed by atoms with E-state index >= 15 is 0 Å². The van der Waals surface area contributed by atoms with E-state index in [-0.39, 0.29) is 6.71 Å². The van der Waals surface area contributed by atoms with E-state index in [0.717, 1.165) is 94.5 Å². The second kappa shape index (κ2) is 17.0. The van der Waals surface area contributed by atoms with Gasteiger partial charge in [0.25, 0.3) is 6.71 Å². The van der Waals surface area contributed by atoms with E-state index in [1.165, 1.54) is 26.4 Å². The third-order valence-corrected chi connectivity index (χ3v) is 15.3. The van der Waals surface area contributed by atoms with E-state index < -0.39 is 0 Å². The first kappa shape index (κ1) is 39.0. The average Bonchev–Trinajstić information content (AvgIpc) is 3.82. The van der Waals surface area contributed by atoms with Gasteiger partial charge >= 0.3 is 0 Å². The standard InChI is InChI=1S/C66H43BN2OS/c1-5-21-44(22-6-1)50-30-19-31-51(45-23-7-2-8-24-45)65(50)68-58-36-16-14-34-56(58)67-57-35-15-17-37-59(57)69(66-52(46-25-9-3-10-26-46)32-20-33-53(66)47-27-11-4-12-28-47)61-42-49(41-60(68)64(61)67)70-48-39-40-55-54-29-13-18-38-62(54)71-63(55)43-48/h1-43H/i19D,20D. The van der Waals surface area contributed by atoms with E-state index in [9.17, 15) is 2.74 Å². The molecule has 0 N–H and O–H groups in total. The van der Waals surface area contributed by atoms with Crippen molar-refractivity contribution < 1.29 is 7.48 Å². The Morgan fingerprint density at radius 2 is 0.761 bits per heavy atom. The van der Waals surface area contributed by atoms with Gasteiger partial charge < -0.3 is 14.5 Å². The third kappa shape index (κ3) is 6.81. The highest BCUT2D eigenvalue weighted by atomic mass is 32.1. The summed E-state index contributed by atoms with van der Waals surface area (Å²) >= 11 is 1.78. The van der Waals surface area contributed by atoms with Crippen LogP contribution in [0.25, 0.3) is 64.7 Å². The lowest BCUT2D eigenvalue weighted by molar-refractivity contribution is 0.484. The summed E-state index contributed by atoms with van der Waals surface area (Å²) in [6.07, 6.45) is 0. The Bertz CT molecular complexity index is 3780. The second-order valence-electron chi connectivity index (χ2n) is 18.2. The number of fused-ring (bicyclic) bond motifs is 7. The Labute approximate surface area is 420 Å². The molecular weight excluding hydrogens is 880 g/mol. The molecule has 14 rings (SSSR count). The zero-order valence-corrected chi connectivity index (χ0v) is 39.3. The molecule has 3 nitrogen and oxygen atoms in total. The van der Waals surface area contributed by atoms with Crippen LogP contribution in [-0.4, -0.2) is 6.71 Å². The highest BCUT2D eigenvalue weighted by Gasteiger charge is 2.45. The van der Waals surface area contributed by atoms with Crippen molar-refractivity contribution in [3.8, 4) is 56.0 Å². The molecule has 0 fully saturated rings. The Balaban J connectivity index is 1.12. The summed E-state index contributed by atoms with van der Waals surface area (Å²) in [5, 5.41) is 2.45. The number of thiophene rings is 1. The molecule has 71 heavy (non-hydrogen) atoms. The largest absolute Gasteiger partial charge is 0.457 e. The molecule has 0 saturated heterocycles. The number of rotatable bonds is 8. The van der Waals surface area contributed by atoms with Gasteiger partial charge in [0.1, 0.15) is 11.5 Å². The van der Waals surface area contributed by atoms with E-state index in [0.29, 0.717) is 17.8 Å². The van der Waals surface area contributed by atoms with E-state index in [4.69, 9.17) is 4.74 Å². The number of anilines is 6. The van der Waals surface area contributed by atoms with E-state index in [1.54, 1.807) is 11.3 Å². The molecule has 5 heteroatoms. The number of nitrogens with zero attached hydrogens (tertiary/aromatic N) is 2. The maximum atomic E-state index is 9.38. The zero-order chi connectivity index (χ0) is 48.6. The van der Waals surface area contributed by atoms with E-state index in [2.05, 4.69) is 210 Å². The van der Waals surface area contributed by atoms with Crippen molar-refractivity contribution in [2.24, 2.45) is 0 Å². The Morgan fingerprint density at radius 3 is 1.24 bits per heavy atom. The number of hydrogen-bond donors (Lipinski definition) is 0. The molecule has 332 valence electrons. The second-order valence-corrected chi connectivity index (χ2v) is 19.3. The van der Waals surface area contributed by atoms with Crippen LogP contribution in [0.15, 0.2) is 261 Å². The first-order valence-corrected chi connectivity index (χ1v) is 24.9. The van der Waals surface area contributed by atoms with Crippen LogP contribution in [0.2, 0.25) is 0 Å². The summed E-state index contributed by atoms with van der Waals surface area (Å²) in [7, 11) is 0. The molecule has 11 aromatic carbocycles. The SMILES string of the molecule is [2H]c1cc(-c2ccccc2)c(N2c3ccccc3B3c4ccccc4N(c4c(-c5ccccc5)cc([2H])cc4-c4ccccc4)c4cc(Oc5ccc6c(c5)sc5ccccc56)cc2c43)c(-c2ccccc2)c1. The monoisotopic (exact) mass is 924 g/mol. The fraction of sp³-hybridized carbons (Fsp3) is 0. The van der Waals surface area contributed by atoms with Crippen LogP contribution in [0.4, 0.5) is 34.1 Å². The van der Waals surface area contributed by atoms with Crippen LogP contribution >= 0.6 is 11.3 Å². The zero-order valence-electron chi connectivity index (χ0n) is 40.5. The summed E-state index contributed by atoms with van der Waals surface area (Å²) < 4.78 is 28.4. The molecule has 0 aliphatic carbocycles. The molecule has 0 unspecified atom stereocenters. The Hall–Kier alpha value is -8.90. The summed E-state index contributed by atoms with van der Waals surface area (Å²) in [6, 6.07) is 88.1. The molecule has 0 atom stereocenters. The van der Waals surface area contributed by atoms with Crippen LogP contribution in [0.5, 0.6) is 11.5 Å². The summed E-state index contributed by atoms with van der Waals surface area (Å²) in [6.45, 7) is -0.166. The van der Waals surface area contributed by atoms with Crippen LogP contribution < -0.4 is 30.9 Å². The van der Waals surface area contributed by atoms with Crippen molar-refractivity contribution in [3.63, 3.8) is 0 Å². The van der Waals surface area contributed by atoms with Crippen LogP contribution in [-0.2, 0) is 0 Å². The molecule has 0 bridgehead atoms. The van der Waals surface area contributed by atoms with Crippen molar-refractivity contribution in [1.82, 2.24) is 0 Å². The fourth-order valence-corrected chi connectivity index (χ4v) is 12.3. The molecule has 3 heterocycles. The molecule has 0 amide bonds. The van der Waals surface area contributed by atoms with Gasteiger partial charge in [-0.3, -0.25) is 0 Å². The number of ether oxygens (including phenoxy) is 1. The van der Waals surface area contributed by atoms with Crippen LogP contribution in [0.3, 0.4) is 0 Å². The topological polar surface area (TPSA) is 15.7 Å². The van der Waals surface area contributed by atoms with Crippen molar-refractivity contribution in [2.75, 3.05) is 9.80 Å². The normalized spacial score (nSPS) is 12.8. The quantitative estimate of drug-likeness (QED) is 0.141. The van der Waals surface area contributed by atoms with Crippen LogP contribution in [0.1, 0.15) is 2.74 Å². The molecule has 0 spiro atoms. The summed E-state index contributed by atoms with van der Waals surface area (Å²) in [5.41, 5.74) is 17.4. The molecule has 0 saturated carbocycles. The van der Waals surface area contributed by atoms with Gasteiger partial charge in [0.2, 0.25) is 0 Å². The molecule has 0 radical (unpaired) electrons. The minimum absolute atomic E-state index is 0.166. The van der Waals surface area contributed by atoms with E-state index in [1.807, 2.05) is 48.5 Å². The van der Waals surface area contributed by atoms with Crippen molar-refractivity contribution in [3.05, 3.63) is 261 Å².